The number of ether oxygens (including phenoxy) is 1. The third-order valence-electron chi connectivity index (χ3n) is 6.00. The van der Waals surface area contributed by atoms with E-state index in [0.29, 0.717) is 19.4 Å². The number of nitrogens with one attached hydrogen (secondary N) is 1. The van der Waals surface area contributed by atoms with E-state index in [0.717, 1.165) is 16.8 Å². The van der Waals surface area contributed by atoms with Crippen molar-refractivity contribution in [3.63, 3.8) is 0 Å². The smallest absolute Gasteiger partial charge is 0.410 e. The van der Waals surface area contributed by atoms with Crippen molar-refractivity contribution in [3.8, 4) is 5.75 Å². The summed E-state index contributed by atoms with van der Waals surface area (Å²) in [5.41, 5.74) is 13.0. The predicted molar refractivity (Wildman–Crippen MR) is 149 cm³/mol. The fourth-order valence-corrected chi connectivity index (χ4v) is 3.74. The van der Waals surface area contributed by atoms with E-state index in [1.165, 1.54) is 23.4 Å². The first kappa shape index (κ1) is 33.3. The summed E-state index contributed by atoms with van der Waals surface area (Å²) in [5, 5.41) is 34.9. The van der Waals surface area contributed by atoms with Crippen LogP contribution in [0.5, 0.6) is 5.75 Å². The number of likely N-dealkylation sites (tertiary alicyclic amines) is 1. The number of rotatable bonds is 9. The highest BCUT2D eigenvalue weighted by Crippen LogP contribution is 2.19. The van der Waals surface area contributed by atoms with Crippen LogP contribution in [-0.2, 0) is 38.6 Å². The second-order valence-corrected chi connectivity index (χ2v) is 9.27. The second kappa shape index (κ2) is 17.0. The van der Waals surface area contributed by atoms with Gasteiger partial charge in [0, 0.05) is 24.9 Å². The van der Waals surface area contributed by atoms with E-state index in [2.05, 4.69) is 9.97 Å². The van der Waals surface area contributed by atoms with Crippen LogP contribution in [0.3, 0.4) is 0 Å². The van der Waals surface area contributed by atoms with Crippen LogP contribution in [0.4, 0.5) is 4.79 Å². The quantitative estimate of drug-likeness (QED) is 0.189. The molecule has 3 aromatic rings. The standard InChI is InChI=1S/C13H15NO4.C9H11NO3.C6H9N3O2/c15-12(16)11-7-4-8-14(11)13(17)18-9-10-5-2-1-3-6-10;10-8(9(12)13)5-6-1-3-7(11)4-2-6;7-5(6(10)11)1-4-2-8-3-9-4/h1-3,5-6,11H,4,7-9H2,(H,15,16);1-4,8,11H,5,10H2,(H,12,13);2-3,5H,1,7H2,(H,8,9)(H,10,11)/t11-;;/m0../s1. The van der Waals surface area contributed by atoms with Crippen LogP contribution < -0.4 is 11.5 Å². The molecule has 14 nitrogen and oxygen atoms in total. The maximum atomic E-state index is 11.8. The summed E-state index contributed by atoms with van der Waals surface area (Å²) < 4.78 is 5.12. The molecule has 14 heteroatoms. The number of amides is 1. The van der Waals surface area contributed by atoms with E-state index in [4.69, 9.17) is 36.6 Å². The Balaban J connectivity index is 0.000000229. The van der Waals surface area contributed by atoms with E-state index >= 15 is 0 Å². The summed E-state index contributed by atoms with van der Waals surface area (Å²) in [6.07, 6.45) is 4.26. The third-order valence-corrected chi connectivity index (χ3v) is 6.00. The van der Waals surface area contributed by atoms with Crippen molar-refractivity contribution in [1.29, 1.82) is 0 Å². The summed E-state index contributed by atoms with van der Waals surface area (Å²) in [6.45, 7) is 0.618. The highest BCUT2D eigenvalue weighted by Gasteiger charge is 2.34. The maximum absolute atomic E-state index is 11.8. The number of H-pyrrole nitrogens is 1. The Morgan fingerprint density at radius 3 is 2.10 bits per heavy atom. The summed E-state index contributed by atoms with van der Waals surface area (Å²) in [5.74, 6) is -2.83. The van der Waals surface area contributed by atoms with Crippen LogP contribution in [0.15, 0.2) is 67.1 Å². The molecule has 1 amide bonds. The summed E-state index contributed by atoms with van der Waals surface area (Å²) >= 11 is 0. The first-order chi connectivity index (χ1) is 20.0. The van der Waals surface area contributed by atoms with E-state index in [9.17, 15) is 19.2 Å². The van der Waals surface area contributed by atoms with Crippen molar-refractivity contribution < 1.29 is 44.3 Å². The molecule has 1 saturated heterocycles. The van der Waals surface area contributed by atoms with Crippen LogP contribution in [0.1, 0.15) is 29.7 Å². The summed E-state index contributed by atoms with van der Waals surface area (Å²) in [4.78, 5) is 51.2. The van der Waals surface area contributed by atoms with Gasteiger partial charge in [-0.15, -0.1) is 0 Å². The van der Waals surface area contributed by atoms with Gasteiger partial charge in [0.05, 0.1) is 6.33 Å². The molecule has 2 heterocycles. The van der Waals surface area contributed by atoms with Gasteiger partial charge >= 0.3 is 24.0 Å². The van der Waals surface area contributed by atoms with E-state index in [1.54, 1.807) is 18.3 Å². The lowest BCUT2D eigenvalue weighted by Gasteiger charge is -2.20. The zero-order chi connectivity index (χ0) is 31.1. The number of carboxylic acids is 3. The number of nitrogens with two attached hydrogens (primary N) is 2. The molecule has 1 aliphatic heterocycles. The van der Waals surface area contributed by atoms with Gasteiger partial charge in [-0.1, -0.05) is 42.5 Å². The Kier molecular flexibility index (Phi) is 13.5. The third kappa shape index (κ3) is 11.7. The van der Waals surface area contributed by atoms with Crippen LogP contribution in [0.2, 0.25) is 0 Å². The van der Waals surface area contributed by atoms with Crippen molar-refractivity contribution in [3.05, 3.63) is 83.9 Å². The number of aromatic hydroxyl groups is 1. The monoisotopic (exact) mass is 585 g/mol. The summed E-state index contributed by atoms with van der Waals surface area (Å²) in [7, 11) is 0. The number of nitrogens with zero attached hydrogens (tertiary/aromatic N) is 2. The first-order valence-electron chi connectivity index (χ1n) is 12.9. The second-order valence-electron chi connectivity index (χ2n) is 9.27. The molecule has 226 valence electrons. The fourth-order valence-electron chi connectivity index (χ4n) is 3.74. The number of carbonyl (C=O) groups excluding carboxylic acids is 1. The van der Waals surface area contributed by atoms with Crippen LogP contribution in [-0.4, -0.2) is 84.0 Å². The van der Waals surface area contributed by atoms with Crippen LogP contribution in [0, 0.1) is 0 Å². The van der Waals surface area contributed by atoms with Crippen molar-refractivity contribution in [1.82, 2.24) is 14.9 Å². The molecule has 0 aliphatic carbocycles. The molecule has 1 aliphatic rings. The number of phenolic OH excluding ortho intramolecular Hbond substituents is 1. The number of benzene rings is 2. The average Bonchev–Trinajstić information content (AvgIpc) is 3.67. The molecule has 1 fully saturated rings. The lowest BCUT2D eigenvalue weighted by atomic mass is 10.1. The van der Waals surface area contributed by atoms with Gasteiger partial charge in [0.1, 0.15) is 30.5 Å². The average molecular weight is 586 g/mol. The lowest BCUT2D eigenvalue weighted by Crippen LogP contribution is -2.40. The minimum atomic E-state index is -1.02. The molecular formula is C28H35N5O9. The SMILES string of the molecule is NC(Cc1ccc(O)cc1)C(=O)O.NC(Cc1cnc[nH]1)C(=O)O.O=C(O)[C@@H]1CCCN1C(=O)OCc1ccccc1. The highest BCUT2D eigenvalue weighted by atomic mass is 16.6. The molecule has 4 rings (SSSR count). The number of carboxylic acid groups (broad SMARTS) is 3. The minimum Gasteiger partial charge on any atom is -0.508 e. The zero-order valence-corrected chi connectivity index (χ0v) is 22.7. The number of aliphatic carboxylic acids is 3. The van der Waals surface area contributed by atoms with E-state index in [-0.39, 0.29) is 25.2 Å². The molecule has 0 radical (unpaired) electrons. The number of imidazole rings is 1. The van der Waals surface area contributed by atoms with Crippen molar-refractivity contribution >= 4 is 24.0 Å². The Bertz CT molecular complexity index is 1270. The first-order valence-corrected chi connectivity index (χ1v) is 12.9. The Morgan fingerprint density at radius 1 is 0.929 bits per heavy atom. The molecule has 42 heavy (non-hydrogen) atoms. The number of carbonyl (C=O) groups is 4. The van der Waals surface area contributed by atoms with Gasteiger partial charge in [0.2, 0.25) is 0 Å². The molecule has 2 aromatic carbocycles. The molecule has 0 saturated carbocycles. The topological polar surface area (TPSA) is 242 Å². The van der Waals surface area contributed by atoms with E-state index < -0.39 is 42.1 Å². The Labute approximate surface area is 241 Å². The number of hydrogen-bond acceptors (Lipinski definition) is 9. The molecule has 9 N–H and O–H groups in total. The maximum Gasteiger partial charge on any atom is 0.410 e. The Hall–Kier alpha value is -4.95. The van der Waals surface area contributed by atoms with Gasteiger partial charge in [0.25, 0.3) is 0 Å². The summed E-state index contributed by atoms with van der Waals surface area (Å²) in [6, 6.07) is 13.1. The normalized spacial score (nSPS) is 15.2. The predicted octanol–water partition coefficient (Wildman–Crippen LogP) is 1.58. The van der Waals surface area contributed by atoms with Gasteiger partial charge in [-0.3, -0.25) is 14.5 Å². The van der Waals surface area contributed by atoms with Gasteiger partial charge in [-0.05, 0) is 42.5 Å². The number of aromatic amines is 1. The minimum absolute atomic E-state index is 0.160. The van der Waals surface area contributed by atoms with Crippen LogP contribution in [0.25, 0.3) is 0 Å². The molecule has 0 spiro atoms. The van der Waals surface area contributed by atoms with Crippen molar-refractivity contribution in [2.24, 2.45) is 11.5 Å². The molecule has 3 atom stereocenters. The fraction of sp³-hybridized carbons (Fsp3) is 0.321. The number of hydrogen-bond donors (Lipinski definition) is 7. The Morgan fingerprint density at radius 2 is 1.55 bits per heavy atom. The zero-order valence-electron chi connectivity index (χ0n) is 22.7. The van der Waals surface area contributed by atoms with Gasteiger partial charge < -0.3 is 41.6 Å². The van der Waals surface area contributed by atoms with Gasteiger partial charge in [-0.2, -0.15) is 0 Å². The van der Waals surface area contributed by atoms with Gasteiger partial charge in [-0.25, -0.2) is 14.6 Å². The largest absolute Gasteiger partial charge is 0.508 e. The van der Waals surface area contributed by atoms with Crippen molar-refractivity contribution in [2.75, 3.05) is 6.54 Å². The van der Waals surface area contributed by atoms with Gasteiger partial charge in [0.15, 0.2) is 0 Å². The number of phenols is 1. The van der Waals surface area contributed by atoms with E-state index in [1.807, 2.05) is 30.3 Å². The van der Waals surface area contributed by atoms with Crippen molar-refractivity contribution in [2.45, 2.75) is 50.4 Å². The molecular weight excluding hydrogens is 550 g/mol. The van der Waals surface area contributed by atoms with Crippen LogP contribution >= 0.6 is 0 Å². The molecule has 0 bridgehead atoms. The molecule has 2 unspecified atom stereocenters. The number of aromatic nitrogens is 2. The highest BCUT2D eigenvalue weighted by molar-refractivity contribution is 5.80. The molecule has 1 aromatic heterocycles. The lowest BCUT2D eigenvalue weighted by molar-refractivity contribution is -0.142.